The van der Waals surface area contributed by atoms with Crippen molar-refractivity contribution in [1.29, 1.82) is 0 Å². The molecule has 3 heterocycles. The van der Waals surface area contributed by atoms with Crippen LogP contribution in [0.3, 0.4) is 0 Å². The summed E-state index contributed by atoms with van der Waals surface area (Å²) in [6.45, 7) is 1.94. The molecule has 1 aliphatic heterocycles. The van der Waals surface area contributed by atoms with Crippen LogP contribution in [0.1, 0.15) is 19.3 Å². The number of rotatable bonds is 3. The molecule has 0 radical (unpaired) electrons. The summed E-state index contributed by atoms with van der Waals surface area (Å²) in [6.07, 6.45) is 3.56. The van der Waals surface area contributed by atoms with Crippen molar-refractivity contribution in [2.45, 2.75) is 19.3 Å². The monoisotopic (exact) mass is 339 g/mol. The predicted octanol–water partition coefficient (Wildman–Crippen LogP) is 2.89. The van der Waals surface area contributed by atoms with Crippen LogP contribution in [-0.2, 0) is 0 Å². The van der Waals surface area contributed by atoms with Gasteiger partial charge in [0.15, 0.2) is 0 Å². The van der Waals surface area contributed by atoms with Crippen molar-refractivity contribution in [2.24, 2.45) is 0 Å². The summed E-state index contributed by atoms with van der Waals surface area (Å²) in [4.78, 5) is 18.7. The Morgan fingerprint density at radius 1 is 0.955 bits per heavy atom. The van der Waals surface area contributed by atoms with E-state index in [2.05, 4.69) is 30.2 Å². The molecule has 0 unspecified atom stereocenters. The van der Waals surface area contributed by atoms with Gasteiger partial charge < -0.3 is 16.0 Å². The number of anilines is 4. The highest BCUT2D eigenvalue weighted by molar-refractivity contribution is 6.30. The van der Waals surface area contributed by atoms with Crippen molar-refractivity contribution in [1.82, 2.24) is 19.9 Å². The molecule has 1 aliphatic rings. The third kappa shape index (κ3) is 3.66. The van der Waals surface area contributed by atoms with E-state index in [4.69, 9.17) is 28.9 Å². The number of nitrogens with zero attached hydrogens (tertiary/aromatic N) is 5. The molecule has 116 valence electrons. The van der Waals surface area contributed by atoms with Gasteiger partial charge in [-0.2, -0.15) is 9.97 Å². The Hall–Kier alpha value is -1.86. The molecule has 2 aromatic rings. The van der Waals surface area contributed by atoms with E-state index in [1.807, 2.05) is 0 Å². The highest BCUT2D eigenvalue weighted by atomic mass is 35.5. The van der Waals surface area contributed by atoms with Gasteiger partial charge in [0.05, 0.1) is 0 Å². The third-order valence-corrected chi connectivity index (χ3v) is 3.70. The molecule has 1 fully saturated rings. The summed E-state index contributed by atoms with van der Waals surface area (Å²) in [5.41, 5.74) is 5.57. The van der Waals surface area contributed by atoms with Gasteiger partial charge in [0.25, 0.3) is 0 Å². The zero-order valence-corrected chi connectivity index (χ0v) is 13.3. The van der Waals surface area contributed by atoms with Gasteiger partial charge in [0, 0.05) is 25.2 Å². The van der Waals surface area contributed by atoms with Crippen LogP contribution >= 0.6 is 23.2 Å². The predicted molar refractivity (Wildman–Crippen MR) is 87.8 cm³/mol. The van der Waals surface area contributed by atoms with Gasteiger partial charge in [-0.15, -0.1) is 0 Å². The van der Waals surface area contributed by atoms with E-state index in [9.17, 15) is 0 Å². The van der Waals surface area contributed by atoms with Crippen LogP contribution in [0.15, 0.2) is 12.1 Å². The van der Waals surface area contributed by atoms with Crippen LogP contribution in [0.25, 0.3) is 0 Å². The first-order chi connectivity index (χ1) is 10.6. The normalized spacial score (nSPS) is 14.9. The fourth-order valence-electron chi connectivity index (χ4n) is 2.36. The summed E-state index contributed by atoms with van der Waals surface area (Å²) >= 11 is 12.0. The maximum atomic E-state index is 6.10. The number of nitrogen functional groups attached to an aromatic ring is 1. The molecule has 0 spiro atoms. The van der Waals surface area contributed by atoms with E-state index in [1.165, 1.54) is 6.42 Å². The molecule has 1 saturated heterocycles. The standard InChI is InChI=1S/C13H15Cl2N7/c14-8-6-10(19-12(16)17-8)20-13-18-9(15)7-11(21-13)22-4-2-1-3-5-22/h6-7H,1-5H2,(H3,16,17,18,19,20,21). The molecule has 0 aromatic carbocycles. The molecular weight excluding hydrogens is 325 g/mol. The fraction of sp³-hybridized carbons (Fsp3) is 0.385. The lowest BCUT2D eigenvalue weighted by atomic mass is 10.1. The molecule has 0 saturated carbocycles. The number of halogens is 2. The Labute approximate surface area is 137 Å². The number of hydrogen-bond acceptors (Lipinski definition) is 7. The van der Waals surface area contributed by atoms with E-state index in [0.717, 1.165) is 31.7 Å². The van der Waals surface area contributed by atoms with Crippen LogP contribution < -0.4 is 16.0 Å². The summed E-state index contributed by atoms with van der Waals surface area (Å²) in [5, 5.41) is 3.57. The van der Waals surface area contributed by atoms with Gasteiger partial charge in [-0.1, -0.05) is 23.2 Å². The summed E-state index contributed by atoms with van der Waals surface area (Å²) in [5.74, 6) is 1.65. The van der Waals surface area contributed by atoms with E-state index >= 15 is 0 Å². The number of nitrogens with one attached hydrogen (secondary N) is 1. The number of piperidine rings is 1. The van der Waals surface area contributed by atoms with Crippen molar-refractivity contribution < 1.29 is 0 Å². The Morgan fingerprint density at radius 2 is 1.68 bits per heavy atom. The van der Waals surface area contributed by atoms with Crippen LogP contribution in [0.2, 0.25) is 10.3 Å². The number of nitrogens with two attached hydrogens (primary N) is 1. The van der Waals surface area contributed by atoms with Crippen molar-refractivity contribution in [2.75, 3.05) is 29.0 Å². The smallest absolute Gasteiger partial charge is 0.231 e. The second-order valence-corrected chi connectivity index (χ2v) is 5.75. The molecule has 2 aromatic heterocycles. The lowest BCUT2D eigenvalue weighted by Crippen LogP contribution is -2.30. The largest absolute Gasteiger partial charge is 0.368 e. The van der Waals surface area contributed by atoms with E-state index in [-0.39, 0.29) is 11.1 Å². The Bertz CT molecular complexity index is 653. The maximum Gasteiger partial charge on any atom is 0.231 e. The first-order valence-electron chi connectivity index (χ1n) is 6.97. The highest BCUT2D eigenvalue weighted by Gasteiger charge is 2.14. The van der Waals surface area contributed by atoms with Crippen molar-refractivity contribution in [3.63, 3.8) is 0 Å². The minimum Gasteiger partial charge on any atom is -0.368 e. The van der Waals surface area contributed by atoms with Gasteiger partial charge in [-0.3, -0.25) is 0 Å². The van der Waals surface area contributed by atoms with Gasteiger partial charge in [-0.05, 0) is 19.3 Å². The van der Waals surface area contributed by atoms with Gasteiger partial charge in [-0.25, -0.2) is 9.97 Å². The van der Waals surface area contributed by atoms with Crippen molar-refractivity contribution in [3.8, 4) is 0 Å². The average Bonchev–Trinajstić information content (AvgIpc) is 2.46. The Kier molecular flexibility index (Phi) is 4.44. The van der Waals surface area contributed by atoms with Crippen LogP contribution in [-0.4, -0.2) is 33.0 Å². The molecule has 0 aliphatic carbocycles. The molecule has 0 amide bonds. The maximum absolute atomic E-state index is 6.10. The van der Waals surface area contributed by atoms with Gasteiger partial charge in [0.2, 0.25) is 11.9 Å². The summed E-state index contributed by atoms with van der Waals surface area (Å²) in [6, 6.07) is 3.31. The average molecular weight is 340 g/mol. The zero-order chi connectivity index (χ0) is 15.5. The summed E-state index contributed by atoms with van der Waals surface area (Å²) < 4.78 is 0. The molecule has 0 atom stereocenters. The first-order valence-corrected chi connectivity index (χ1v) is 7.72. The Balaban J connectivity index is 1.85. The Morgan fingerprint density at radius 3 is 2.41 bits per heavy atom. The lowest BCUT2D eigenvalue weighted by Gasteiger charge is -2.27. The zero-order valence-electron chi connectivity index (χ0n) is 11.8. The van der Waals surface area contributed by atoms with Crippen molar-refractivity contribution >= 4 is 46.7 Å². The van der Waals surface area contributed by atoms with E-state index in [1.54, 1.807) is 12.1 Å². The number of aromatic nitrogens is 4. The highest BCUT2D eigenvalue weighted by Crippen LogP contribution is 2.23. The molecule has 3 rings (SSSR count). The third-order valence-electron chi connectivity index (χ3n) is 3.31. The van der Waals surface area contributed by atoms with Crippen LogP contribution in [0.5, 0.6) is 0 Å². The topological polar surface area (TPSA) is 92.8 Å². The summed E-state index contributed by atoms with van der Waals surface area (Å²) in [7, 11) is 0. The molecule has 0 bridgehead atoms. The van der Waals surface area contributed by atoms with Crippen molar-refractivity contribution in [3.05, 3.63) is 22.4 Å². The SMILES string of the molecule is Nc1nc(Cl)cc(Nc2nc(Cl)cc(N3CCCCC3)n2)n1. The van der Waals surface area contributed by atoms with Gasteiger partial charge in [0.1, 0.15) is 21.9 Å². The molecule has 3 N–H and O–H groups in total. The molecule has 22 heavy (non-hydrogen) atoms. The minimum atomic E-state index is 0.0771. The second-order valence-electron chi connectivity index (χ2n) is 4.98. The van der Waals surface area contributed by atoms with E-state index in [0.29, 0.717) is 16.9 Å². The quantitative estimate of drug-likeness (QED) is 0.830. The van der Waals surface area contributed by atoms with Gasteiger partial charge >= 0.3 is 0 Å². The molecule has 9 heteroatoms. The van der Waals surface area contributed by atoms with E-state index < -0.39 is 0 Å². The minimum absolute atomic E-state index is 0.0771. The first kappa shape index (κ1) is 15.1. The fourth-order valence-corrected chi connectivity index (χ4v) is 2.73. The number of hydrogen-bond donors (Lipinski definition) is 2. The second kappa shape index (κ2) is 6.50. The van der Waals surface area contributed by atoms with Crippen LogP contribution in [0.4, 0.5) is 23.5 Å². The van der Waals surface area contributed by atoms with Crippen LogP contribution in [0, 0.1) is 0 Å². The molecule has 7 nitrogen and oxygen atoms in total. The lowest BCUT2D eigenvalue weighted by molar-refractivity contribution is 0.573. The molecular formula is C13H15Cl2N7.